The molecule has 0 fully saturated rings. The molecule has 0 aliphatic carbocycles. The van der Waals surface area contributed by atoms with Crippen LogP contribution in [0.15, 0.2) is 162 Å². The van der Waals surface area contributed by atoms with E-state index in [1.165, 1.54) is 0 Å². The molecule has 0 amide bonds. The molecule has 0 spiro atoms. The Balaban J connectivity index is 1.18. The Bertz CT molecular complexity index is 2630. The Kier molecular flexibility index (Phi) is 6.54. The summed E-state index contributed by atoms with van der Waals surface area (Å²) in [4.78, 5) is 14.9. The lowest BCUT2D eigenvalue weighted by atomic mass is 9.95. The second kappa shape index (κ2) is 11.3. The van der Waals surface area contributed by atoms with E-state index in [-0.39, 0.29) is 5.75 Å². The maximum absolute atomic E-state index is 11.3. The molecule has 0 bridgehead atoms. The van der Waals surface area contributed by atoms with Gasteiger partial charge in [0, 0.05) is 38.6 Å². The van der Waals surface area contributed by atoms with Crippen molar-refractivity contribution in [2.75, 3.05) is 0 Å². The molecular weight excluding hydrogens is 590 g/mol. The molecule has 9 aromatic rings. The first kappa shape index (κ1) is 27.7. The number of benzene rings is 7. The van der Waals surface area contributed by atoms with Gasteiger partial charge in [-0.05, 0) is 40.1 Å². The van der Waals surface area contributed by atoms with Gasteiger partial charge in [-0.2, -0.15) is 0 Å². The first-order chi connectivity index (χ1) is 23.7. The maximum Gasteiger partial charge on any atom is 0.164 e. The number of nitrogens with zero attached hydrogens (tertiary/aromatic N) is 3. The molecular formula is C43H27N3O2. The third-order valence-electron chi connectivity index (χ3n) is 8.85. The number of rotatable bonds is 5. The van der Waals surface area contributed by atoms with Crippen molar-refractivity contribution in [3.63, 3.8) is 0 Å². The number of fused-ring (bicyclic) bond motifs is 4. The SMILES string of the molecule is Oc1cccc(-c2nc(-c3ccccc3)nc(-c3ccc4ccccc4c3)n2)c1-c1ccc(-c2cccc3c2oc2ccccc23)cc1. The van der Waals surface area contributed by atoms with Crippen LogP contribution in [-0.4, -0.2) is 20.1 Å². The van der Waals surface area contributed by atoms with Crippen LogP contribution in [0.4, 0.5) is 0 Å². The van der Waals surface area contributed by atoms with Crippen LogP contribution in [0.25, 0.3) is 89.1 Å². The highest BCUT2D eigenvalue weighted by atomic mass is 16.3. The molecule has 9 rings (SSSR count). The third kappa shape index (κ3) is 4.77. The standard InChI is InChI=1S/C43H27N3O2/c47-37-18-9-17-36(39(37)29-23-21-28(22-24-29)33-15-8-16-35-34-14-6-7-19-38(34)48-40(33)35)43-45-41(30-11-2-1-3-12-30)44-42(46-43)32-25-20-27-10-4-5-13-31(27)26-32/h1-26,47H. The lowest BCUT2D eigenvalue weighted by Gasteiger charge is -2.14. The van der Waals surface area contributed by atoms with Crippen molar-refractivity contribution in [1.82, 2.24) is 15.0 Å². The summed E-state index contributed by atoms with van der Waals surface area (Å²) in [5, 5.41) is 15.8. The number of phenols is 1. The van der Waals surface area contributed by atoms with Crippen LogP contribution in [0, 0.1) is 0 Å². The molecule has 226 valence electrons. The summed E-state index contributed by atoms with van der Waals surface area (Å²) in [6.45, 7) is 0. The molecule has 0 radical (unpaired) electrons. The molecule has 0 aliphatic rings. The minimum absolute atomic E-state index is 0.147. The van der Waals surface area contributed by atoms with E-state index in [9.17, 15) is 5.11 Å². The second-order valence-corrected chi connectivity index (χ2v) is 11.8. The van der Waals surface area contributed by atoms with E-state index in [1.807, 2.05) is 91.0 Å². The van der Waals surface area contributed by atoms with Crippen LogP contribution in [-0.2, 0) is 0 Å². The van der Waals surface area contributed by atoms with Gasteiger partial charge in [0.1, 0.15) is 16.9 Å². The number of hydrogen-bond acceptors (Lipinski definition) is 5. The third-order valence-corrected chi connectivity index (χ3v) is 8.85. The largest absolute Gasteiger partial charge is 0.507 e. The van der Waals surface area contributed by atoms with Gasteiger partial charge in [0.2, 0.25) is 0 Å². The summed E-state index contributed by atoms with van der Waals surface area (Å²) >= 11 is 0. The van der Waals surface area contributed by atoms with E-state index >= 15 is 0 Å². The van der Waals surface area contributed by atoms with Crippen LogP contribution < -0.4 is 0 Å². The molecule has 48 heavy (non-hydrogen) atoms. The zero-order valence-electron chi connectivity index (χ0n) is 25.7. The summed E-state index contributed by atoms with van der Waals surface area (Å²) < 4.78 is 6.31. The molecule has 0 aliphatic heterocycles. The topological polar surface area (TPSA) is 72.0 Å². The van der Waals surface area contributed by atoms with Crippen LogP contribution in [0.3, 0.4) is 0 Å². The number of furan rings is 1. The number of para-hydroxylation sites is 2. The van der Waals surface area contributed by atoms with Gasteiger partial charge in [-0.15, -0.1) is 0 Å². The molecule has 5 heteroatoms. The zero-order valence-corrected chi connectivity index (χ0v) is 25.7. The van der Waals surface area contributed by atoms with E-state index in [2.05, 4.69) is 60.7 Å². The number of aromatic nitrogens is 3. The average Bonchev–Trinajstić information content (AvgIpc) is 3.54. The lowest BCUT2D eigenvalue weighted by Crippen LogP contribution is -2.01. The molecule has 2 heterocycles. The van der Waals surface area contributed by atoms with Gasteiger partial charge < -0.3 is 9.52 Å². The monoisotopic (exact) mass is 617 g/mol. The quantitative estimate of drug-likeness (QED) is 0.208. The molecule has 0 unspecified atom stereocenters. The number of aromatic hydroxyl groups is 1. The highest BCUT2D eigenvalue weighted by molar-refractivity contribution is 6.09. The summed E-state index contributed by atoms with van der Waals surface area (Å²) in [5.74, 6) is 1.75. The minimum Gasteiger partial charge on any atom is -0.507 e. The smallest absolute Gasteiger partial charge is 0.164 e. The lowest BCUT2D eigenvalue weighted by molar-refractivity contribution is 0.477. The van der Waals surface area contributed by atoms with Crippen molar-refractivity contribution in [3.05, 3.63) is 158 Å². The predicted octanol–water partition coefficient (Wildman–Crippen LogP) is 11.0. The molecule has 0 atom stereocenters. The number of phenolic OH excluding ortho intramolecular Hbond substituents is 1. The Labute approximate surface area is 276 Å². The summed E-state index contributed by atoms with van der Waals surface area (Å²) in [5.41, 5.74) is 7.74. The molecule has 2 aromatic heterocycles. The van der Waals surface area contributed by atoms with Crippen LogP contribution >= 0.6 is 0 Å². The van der Waals surface area contributed by atoms with Gasteiger partial charge in [0.05, 0.1) is 0 Å². The Morgan fingerprint density at radius 2 is 1.04 bits per heavy atom. The minimum atomic E-state index is 0.147. The number of hydrogen-bond donors (Lipinski definition) is 1. The van der Waals surface area contributed by atoms with Gasteiger partial charge >= 0.3 is 0 Å². The van der Waals surface area contributed by atoms with E-state index in [0.29, 0.717) is 28.6 Å². The van der Waals surface area contributed by atoms with Crippen LogP contribution in [0.5, 0.6) is 5.75 Å². The first-order valence-corrected chi connectivity index (χ1v) is 15.8. The average molecular weight is 618 g/mol. The molecule has 1 N–H and O–H groups in total. The zero-order chi connectivity index (χ0) is 32.0. The highest BCUT2D eigenvalue weighted by Gasteiger charge is 2.19. The van der Waals surface area contributed by atoms with E-state index < -0.39 is 0 Å². The fraction of sp³-hybridized carbons (Fsp3) is 0. The van der Waals surface area contributed by atoms with Crippen molar-refractivity contribution >= 4 is 32.7 Å². The highest BCUT2D eigenvalue weighted by Crippen LogP contribution is 2.41. The van der Waals surface area contributed by atoms with Crippen molar-refractivity contribution < 1.29 is 9.52 Å². The van der Waals surface area contributed by atoms with Gasteiger partial charge in [0.25, 0.3) is 0 Å². The van der Waals surface area contributed by atoms with Gasteiger partial charge in [-0.1, -0.05) is 140 Å². The molecule has 5 nitrogen and oxygen atoms in total. The van der Waals surface area contributed by atoms with Gasteiger partial charge in [-0.25, -0.2) is 15.0 Å². The first-order valence-electron chi connectivity index (χ1n) is 15.8. The van der Waals surface area contributed by atoms with E-state index in [0.717, 1.165) is 60.5 Å². The second-order valence-electron chi connectivity index (χ2n) is 11.8. The van der Waals surface area contributed by atoms with Crippen LogP contribution in [0.2, 0.25) is 0 Å². The van der Waals surface area contributed by atoms with Crippen molar-refractivity contribution in [1.29, 1.82) is 0 Å². The van der Waals surface area contributed by atoms with Crippen molar-refractivity contribution in [2.24, 2.45) is 0 Å². The fourth-order valence-electron chi connectivity index (χ4n) is 6.49. The maximum atomic E-state index is 11.3. The Morgan fingerprint density at radius 1 is 0.417 bits per heavy atom. The van der Waals surface area contributed by atoms with Gasteiger partial charge in [0.15, 0.2) is 17.5 Å². The Morgan fingerprint density at radius 3 is 1.90 bits per heavy atom. The van der Waals surface area contributed by atoms with Crippen molar-refractivity contribution in [3.8, 4) is 62.2 Å². The predicted molar refractivity (Wildman–Crippen MR) is 193 cm³/mol. The Hall–Kier alpha value is -6.59. The summed E-state index contributed by atoms with van der Waals surface area (Å²) in [7, 11) is 0. The fourth-order valence-corrected chi connectivity index (χ4v) is 6.49. The summed E-state index contributed by atoms with van der Waals surface area (Å²) in [6.07, 6.45) is 0. The molecule has 0 saturated carbocycles. The molecule has 0 saturated heterocycles. The normalized spacial score (nSPS) is 11.4. The molecule has 7 aromatic carbocycles. The van der Waals surface area contributed by atoms with E-state index in [4.69, 9.17) is 19.4 Å². The summed E-state index contributed by atoms with van der Waals surface area (Å²) in [6, 6.07) is 52.4. The van der Waals surface area contributed by atoms with Crippen LogP contribution in [0.1, 0.15) is 0 Å². The van der Waals surface area contributed by atoms with E-state index in [1.54, 1.807) is 6.07 Å². The van der Waals surface area contributed by atoms with Crippen molar-refractivity contribution in [2.45, 2.75) is 0 Å². The van der Waals surface area contributed by atoms with Gasteiger partial charge in [-0.3, -0.25) is 0 Å².